The maximum absolute atomic E-state index is 7.54. The van der Waals surface area contributed by atoms with Gasteiger partial charge in [0, 0.05) is 18.8 Å². The quantitative estimate of drug-likeness (QED) is 0.580. The minimum Gasteiger partial charge on any atom is -0.382 e. The molecule has 1 fully saturated rings. The molecule has 0 amide bonds. The zero-order chi connectivity index (χ0) is 12.3. The topological polar surface area (TPSA) is 66.0 Å². The van der Waals surface area contributed by atoms with Crippen LogP contribution < -0.4 is 5.73 Å². The number of nitrogens with zero attached hydrogens (tertiary/aromatic N) is 2. The number of aromatic nitrogens is 1. The Labute approximate surface area is 102 Å². The van der Waals surface area contributed by atoms with E-state index in [0.717, 1.165) is 31.1 Å². The van der Waals surface area contributed by atoms with Crippen LogP contribution in [0, 0.1) is 5.41 Å². The Morgan fingerprint density at radius 2 is 2.35 bits per heavy atom. The summed E-state index contributed by atoms with van der Waals surface area (Å²) in [6, 6.07) is 4.67. The highest BCUT2D eigenvalue weighted by atomic mass is 15.2. The van der Waals surface area contributed by atoms with Gasteiger partial charge in [-0.1, -0.05) is 13.0 Å². The first-order valence-corrected chi connectivity index (χ1v) is 6.24. The van der Waals surface area contributed by atoms with Crippen LogP contribution in [0.3, 0.4) is 0 Å². The van der Waals surface area contributed by atoms with Crippen molar-refractivity contribution in [3.63, 3.8) is 0 Å². The van der Waals surface area contributed by atoms with E-state index in [1.165, 1.54) is 12.8 Å². The second-order valence-corrected chi connectivity index (χ2v) is 4.63. The van der Waals surface area contributed by atoms with Gasteiger partial charge in [-0.05, 0) is 37.4 Å². The smallest absolute Gasteiger partial charge is 0.142 e. The van der Waals surface area contributed by atoms with E-state index >= 15 is 0 Å². The van der Waals surface area contributed by atoms with Crippen molar-refractivity contribution in [1.82, 2.24) is 9.88 Å². The molecule has 3 N–H and O–H groups in total. The number of hydrogen-bond donors (Lipinski definition) is 2. The van der Waals surface area contributed by atoms with Crippen molar-refractivity contribution in [2.24, 2.45) is 5.73 Å². The summed E-state index contributed by atoms with van der Waals surface area (Å²) in [5.74, 6) is 0.0628. The van der Waals surface area contributed by atoms with Gasteiger partial charge in [0.25, 0.3) is 0 Å². The summed E-state index contributed by atoms with van der Waals surface area (Å²) < 4.78 is 0. The molecule has 4 heteroatoms. The Hall–Kier alpha value is -1.42. The molecule has 0 unspecified atom stereocenters. The Kier molecular flexibility index (Phi) is 3.74. The van der Waals surface area contributed by atoms with Gasteiger partial charge in [-0.25, -0.2) is 0 Å². The number of hydrogen-bond acceptors (Lipinski definition) is 3. The Morgan fingerprint density at radius 1 is 1.59 bits per heavy atom. The van der Waals surface area contributed by atoms with Crippen LogP contribution in [0.1, 0.15) is 37.4 Å². The summed E-state index contributed by atoms with van der Waals surface area (Å²) in [5, 5.41) is 7.54. The molecule has 1 aromatic rings. The van der Waals surface area contributed by atoms with Gasteiger partial charge in [0.05, 0.1) is 0 Å². The normalized spacial score (nSPS) is 15.2. The average molecular weight is 232 g/mol. The summed E-state index contributed by atoms with van der Waals surface area (Å²) in [7, 11) is 0. The van der Waals surface area contributed by atoms with Gasteiger partial charge in [0.2, 0.25) is 0 Å². The molecule has 0 atom stereocenters. The SMILES string of the molecule is CCCN(Cc1cccnc1C(=N)N)C1CC1. The summed E-state index contributed by atoms with van der Waals surface area (Å²) in [6.07, 6.45) is 5.46. The maximum Gasteiger partial charge on any atom is 0.142 e. The zero-order valence-electron chi connectivity index (χ0n) is 10.3. The molecule has 1 heterocycles. The number of nitrogen functional groups attached to an aromatic ring is 1. The van der Waals surface area contributed by atoms with Gasteiger partial charge in [-0.2, -0.15) is 0 Å². The van der Waals surface area contributed by atoms with Gasteiger partial charge in [-0.15, -0.1) is 0 Å². The molecule has 0 saturated heterocycles. The average Bonchev–Trinajstić information content (AvgIpc) is 3.13. The molecule has 92 valence electrons. The molecule has 1 saturated carbocycles. The summed E-state index contributed by atoms with van der Waals surface area (Å²) in [5.41, 5.74) is 7.26. The molecule has 0 spiro atoms. The predicted octanol–water partition coefficient (Wildman–Crippen LogP) is 1.74. The predicted molar refractivity (Wildman–Crippen MR) is 69.0 cm³/mol. The van der Waals surface area contributed by atoms with E-state index in [2.05, 4.69) is 16.8 Å². The van der Waals surface area contributed by atoms with Gasteiger partial charge in [0.1, 0.15) is 11.5 Å². The first-order valence-electron chi connectivity index (χ1n) is 6.24. The van der Waals surface area contributed by atoms with Gasteiger partial charge < -0.3 is 5.73 Å². The lowest BCUT2D eigenvalue weighted by Gasteiger charge is -2.22. The van der Waals surface area contributed by atoms with Crippen molar-refractivity contribution in [1.29, 1.82) is 5.41 Å². The standard InChI is InChI=1S/C13H20N4/c1-2-8-17(11-5-6-11)9-10-4-3-7-16-12(10)13(14)15/h3-4,7,11H,2,5-6,8-9H2,1H3,(H3,14,15). The van der Waals surface area contributed by atoms with Crippen molar-refractivity contribution >= 4 is 5.84 Å². The van der Waals surface area contributed by atoms with Crippen LogP contribution in [0.5, 0.6) is 0 Å². The minimum absolute atomic E-state index is 0.0628. The number of amidine groups is 1. The Bertz CT molecular complexity index is 398. The van der Waals surface area contributed by atoms with Crippen LogP contribution in [-0.2, 0) is 6.54 Å². The fourth-order valence-electron chi connectivity index (χ4n) is 2.15. The molecule has 0 aromatic carbocycles. The molecule has 1 aliphatic rings. The van der Waals surface area contributed by atoms with E-state index < -0.39 is 0 Å². The molecule has 0 radical (unpaired) electrons. The summed E-state index contributed by atoms with van der Waals surface area (Å²) in [6.45, 7) is 4.17. The van der Waals surface area contributed by atoms with Crippen LogP contribution in [-0.4, -0.2) is 28.3 Å². The minimum atomic E-state index is 0.0628. The largest absolute Gasteiger partial charge is 0.382 e. The zero-order valence-corrected chi connectivity index (χ0v) is 10.3. The lowest BCUT2D eigenvalue weighted by Crippen LogP contribution is -2.28. The van der Waals surface area contributed by atoms with Crippen LogP contribution in [0.25, 0.3) is 0 Å². The third-order valence-corrected chi connectivity index (χ3v) is 3.09. The highest BCUT2D eigenvalue weighted by Crippen LogP contribution is 2.28. The van der Waals surface area contributed by atoms with Crippen molar-refractivity contribution in [3.05, 3.63) is 29.6 Å². The fourth-order valence-corrected chi connectivity index (χ4v) is 2.15. The molecule has 0 bridgehead atoms. The number of rotatable bonds is 6. The number of pyridine rings is 1. The van der Waals surface area contributed by atoms with E-state index in [1.807, 2.05) is 12.1 Å². The van der Waals surface area contributed by atoms with Crippen molar-refractivity contribution in [2.45, 2.75) is 38.8 Å². The van der Waals surface area contributed by atoms with E-state index in [9.17, 15) is 0 Å². The molecule has 17 heavy (non-hydrogen) atoms. The van der Waals surface area contributed by atoms with Gasteiger partial charge >= 0.3 is 0 Å². The lowest BCUT2D eigenvalue weighted by atomic mass is 10.1. The summed E-state index contributed by atoms with van der Waals surface area (Å²) in [4.78, 5) is 6.67. The molecule has 0 aliphatic heterocycles. The van der Waals surface area contributed by atoms with E-state index in [1.54, 1.807) is 6.20 Å². The molecule has 2 rings (SSSR count). The Balaban J connectivity index is 2.13. The second kappa shape index (κ2) is 5.27. The van der Waals surface area contributed by atoms with Crippen LogP contribution in [0.4, 0.5) is 0 Å². The molecule has 1 aliphatic carbocycles. The third kappa shape index (κ3) is 3.03. The fraction of sp³-hybridized carbons (Fsp3) is 0.538. The number of nitrogens with two attached hydrogens (primary N) is 1. The monoisotopic (exact) mass is 232 g/mol. The molecule has 1 aromatic heterocycles. The van der Waals surface area contributed by atoms with Gasteiger partial charge in [0.15, 0.2) is 0 Å². The second-order valence-electron chi connectivity index (χ2n) is 4.63. The maximum atomic E-state index is 7.54. The highest BCUT2D eigenvalue weighted by molar-refractivity contribution is 5.94. The molecular weight excluding hydrogens is 212 g/mol. The lowest BCUT2D eigenvalue weighted by molar-refractivity contribution is 0.255. The number of nitrogens with one attached hydrogen (secondary N) is 1. The first-order chi connectivity index (χ1) is 8.22. The Morgan fingerprint density at radius 3 is 2.94 bits per heavy atom. The van der Waals surface area contributed by atoms with Crippen molar-refractivity contribution in [2.75, 3.05) is 6.54 Å². The van der Waals surface area contributed by atoms with E-state index in [-0.39, 0.29) is 5.84 Å². The van der Waals surface area contributed by atoms with E-state index in [0.29, 0.717) is 5.69 Å². The van der Waals surface area contributed by atoms with Crippen molar-refractivity contribution in [3.8, 4) is 0 Å². The molecular formula is C13H20N4. The van der Waals surface area contributed by atoms with Crippen LogP contribution in [0.2, 0.25) is 0 Å². The van der Waals surface area contributed by atoms with E-state index in [4.69, 9.17) is 11.1 Å². The van der Waals surface area contributed by atoms with Gasteiger partial charge in [-0.3, -0.25) is 15.3 Å². The highest BCUT2D eigenvalue weighted by Gasteiger charge is 2.28. The van der Waals surface area contributed by atoms with Crippen LogP contribution in [0.15, 0.2) is 18.3 Å². The summed E-state index contributed by atoms with van der Waals surface area (Å²) >= 11 is 0. The van der Waals surface area contributed by atoms with Crippen LogP contribution >= 0.6 is 0 Å². The third-order valence-electron chi connectivity index (χ3n) is 3.09. The molecule has 4 nitrogen and oxygen atoms in total. The first kappa shape index (κ1) is 12.0. The van der Waals surface area contributed by atoms with Crippen molar-refractivity contribution < 1.29 is 0 Å².